The van der Waals surface area contributed by atoms with Crippen molar-refractivity contribution in [2.75, 3.05) is 0 Å². The van der Waals surface area contributed by atoms with Gasteiger partial charge >= 0.3 is 12.4 Å². The predicted octanol–water partition coefficient (Wildman–Crippen LogP) is 5.01. The second-order valence-electron chi connectivity index (χ2n) is 8.50. The lowest BCUT2D eigenvalue weighted by atomic mass is 10.0. The molecule has 4 aromatic rings. The number of nitrogens with two attached hydrogens (primary N) is 1. The minimum absolute atomic E-state index is 0.0218. The van der Waals surface area contributed by atoms with Crippen molar-refractivity contribution in [3.8, 4) is 28.7 Å². The molecule has 0 aliphatic heterocycles. The number of aromatic nitrogens is 4. The van der Waals surface area contributed by atoms with Crippen molar-refractivity contribution in [2.45, 2.75) is 24.8 Å². The van der Waals surface area contributed by atoms with Gasteiger partial charge in [-0.3, -0.25) is 9.59 Å². The second kappa shape index (κ2) is 11.1. The Bertz CT molecular complexity index is 1760. The molecule has 212 valence electrons. The van der Waals surface area contributed by atoms with Crippen molar-refractivity contribution in [3.05, 3.63) is 103 Å². The molecule has 2 aromatic heterocycles. The highest BCUT2D eigenvalue weighted by atomic mass is 35.5. The zero-order chi connectivity index (χ0) is 30.1. The zero-order valence-corrected chi connectivity index (χ0v) is 20.9. The Morgan fingerprint density at radius 2 is 1.71 bits per heavy atom. The van der Waals surface area contributed by atoms with Crippen LogP contribution in [0, 0.1) is 11.3 Å². The molecule has 2 heterocycles. The minimum Gasteiger partial charge on any atom is -0.449 e. The van der Waals surface area contributed by atoms with Gasteiger partial charge < -0.3 is 15.5 Å². The Morgan fingerprint density at radius 1 is 1.02 bits per heavy atom. The first-order valence-electron chi connectivity index (χ1n) is 11.3. The van der Waals surface area contributed by atoms with Crippen LogP contribution in [0.2, 0.25) is 5.02 Å². The molecule has 9 nitrogen and oxygen atoms in total. The maximum absolute atomic E-state index is 13.9. The van der Waals surface area contributed by atoms with Crippen LogP contribution in [0.15, 0.2) is 58.1 Å². The van der Waals surface area contributed by atoms with E-state index in [0.717, 1.165) is 24.3 Å². The van der Waals surface area contributed by atoms with E-state index in [9.17, 15) is 35.9 Å². The minimum atomic E-state index is -5.14. The van der Waals surface area contributed by atoms with Crippen LogP contribution >= 0.6 is 11.6 Å². The van der Waals surface area contributed by atoms with Gasteiger partial charge in [-0.1, -0.05) is 35.9 Å². The molecule has 4 rings (SSSR count). The lowest BCUT2D eigenvalue weighted by molar-refractivity contribution is -0.149. The van der Waals surface area contributed by atoms with Gasteiger partial charge in [0.2, 0.25) is 5.75 Å². The van der Waals surface area contributed by atoms with Crippen LogP contribution in [-0.2, 0) is 12.6 Å². The quantitative estimate of drug-likeness (QED) is 0.265. The van der Waals surface area contributed by atoms with Gasteiger partial charge in [0.1, 0.15) is 17.6 Å². The smallest absolute Gasteiger partial charge is 0.437 e. The molecule has 0 fully saturated rings. The first kappa shape index (κ1) is 29.3. The van der Waals surface area contributed by atoms with Gasteiger partial charge in [-0.25, -0.2) is 10.1 Å². The zero-order valence-electron chi connectivity index (χ0n) is 20.2. The SMILES string of the molecule is N#Cc1cc(Cl)cc(Oc2c(C(F)(F)F)nc(Cc3cc(-c4ccc(C(N)C(F)(F)F)cc4)c(=O)[nH]n3)[nH]c2=O)c1. The largest absolute Gasteiger partial charge is 0.449 e. The summed E-state index contributed by atoms with van der Waals surface area (Å²) in [7, 11) is 0. The standard InChI is InChI=1S/C25H15ClF6N6O3/c26-14-5-11(10-33)6-16(7-14)41-19-21(25(30,31)32)35-18(36-23(19)40)9-15-8-17(22(39)38-37-15)12-1-3-13(4-2-12)20(34)24(27,28)29/h1-8,20H,9,34H2,(H,38,39)(H,35,36,40). The van der Waals surface area contributed by atoms with E-state index in [2.05, 4.69) is 20.2 Å². The molecule has 0 saturated heterocycles. The number of ether oxygens (including phenoxy) is 1. The number of rotatable bonds is 6. The molecule has 0 bridgehead atoms. The molecule has 0 spiro atoms. The molecule has 0 aliphatic carbocycles. The first-order chi connectivity index (χ1) is 19.2. The van der Waals surface area contributed by atoms with Gasteiger partial charge in [-0.15, -0.1) is 0 Å². The number of alkyl halides is 6. The van der Waals surface area contributed by atoms with Gasteiger partial charge in [0, 0.05) is 11.4 Å². The van der Waals surface area contributed by atoms with Crippen molar-refractivity contribution in [1.29, 1.82) is 5.26 Å². The topological polar surface area (TPSA) is 151 Å². The fourth-order valence-electron chi connectivity index (χ4n) is 3.67. The Hall–Kier alpha value is -4.68. The maximum Gasteiger partial charge on any atom is 0.437 e. The van der Waals surface area contributed by atoms with Crippen molar-refractivity contribution >= 4 is 11.6 Å². The van der Waals surface area contributed by atoms with E-state index in [-0.39, 0.29) is 38.7 Å². The summed E-state index contributed by atoms with van der Waals surface area (Å²) >= 11 is 5.85. The lowest BCUT2D eigenvalue weighted by Gasteiger charge is -2.16. The third kappa shape index (κ3) is 6.73. The van der Waals surface area contributed by atoms with Crippen molar-refractivity contribution < 1.29 is 31.1 Å². The highest BCUT2D eigenvalue weighted by Gasteiger charge is 2.39. The number of hydrogen-bond donors (Lipinski definition) is 3. The first-order valence-corrected chi connectivity index (χ1v) is 11.6. The van der Waals surface area contributed by atoms with E-state index in [4.69, 9.17) is 27.3 Å². The van der Waals surface area contributed by atoms with E-state index < -0.39 is 53.2 Å². The summed E-state index contributed by atoms with van der Waals surface area (Å²) in [5.41, 5.74) is 1.27. The van der Waals surface area contributed by atoms with Gasteiger partial charge in [0.15, 0.2) is 5.69 Å². The molecule has 0 saturated carbocycles. The Labute approximate surface area is 230 Å². The van der Waals surface area contributed by atoms with Crippen molar-refractivity contribution in [3.63, 3.8) is 0 Å². The van der Waals surface area contributed by atoms with E-state index >= 15 is 0 Å². The van der Waals surface area contributed by atoms with Crippen LogP contribution in [0.4, 0.5) is 26.3 Å². The summed E-state index contributed by atoms with van der Waals surface area (Å²) < 4.78 is 85.3. The second-order valence-corrected chi connectivity index (χ2v) is 8.93. The van der Waals surface area contributed by atoms with Crippen LogP contribution < -0.4 is 21.6 Å². The van der Waals surface area contributed by atoms with Crippen LogP contribution in [-0.4, -0.2) is 26.3 Å². The molecule has 1 unspecified atom stereocenters. The van der Waals surface area contributed by atoms with E-state index in [1.165, 1.54) is 24.3 Å². The van der Waals surface area contributed by atoms with Crippen molar-refractivity contribution in [1.82, 2.24) is 20.2 Å². The molecule has 0 amide bonds. The Balaban J connectivity index is 1.67. The average molecular weight is 597 g/mol. The number of aromatic amines is 2. The summed E-state index contributed by atoms with van der Waals surface area (Å²) in [6.45, 7) is 0. The van der Waals surface area contributed by atoms with Gasteiger partial charge in [0.25, 0.3) is 11.1 Å². The van der Waals surface area contributed by atoms with Crippen LogP contribution in [0.25, 0.3) is 11.1 Å². The molecule has 41 heavy (non-hydrogen) atoms. The Kier molecular flexibility index (Phi) is 7.91. The fraction of sp³-hybridized carbons (Fsp3) is 0.160. The number of nitriles is 1. The number of hydrogen-bond acceptors (Lipinski definition) is 7. The summed E-state index contributed by atoms with van der Waals surface area (Å²) in [4.78, 5) is 30.6. The van der Waals surface area contributed by atoms with E-state index in [1.54, 1.807) is 6.07 Å². The van der Waals surface area contributed by atoms with E-state index in [1.807, 2.05) is 0 Å². The highest BCUT2D eigenvalue weighted by molar-refractivity contribution is 6.30. The molecule has 0 radical (unpaired) electrons. The van der Waals surface area contributed by atoms with Crippen LogP contribution in [0.3, 0.4) is 0 Å². The summed E-state index contributed by atoms with van der Waals surface area (Å²) in [6.07, 6.45) is -10.3. The maximum atomic E-state index is 13.9. The van der Waals surface area contributed by atoms with Gasteiger partial charge in [-0.05, 0) is 35.4 Å². The monoisotopic (exact) mass is 596 g/mol. The molecule has 1 atom stereocenters. The van der Waals surface area contributed by atoms with Crippen molar-refractivity contribution in [2.24, 2.45) is 5.73 Å². The van der Waals surface area contributed by atoms with E-state index in [0.29, 0.717) is 0 Å². The summed E-state index contributed by atoms with van der Waals surface area (Å²) in [5, 5.41) is 14.9. The number of nitrogens with one attached hydrogen (secondary N) is 2. The molecule has 16 heteroatoms. The number of H-pyrrole nitrogens is 2. The predicted molar refractivity (Wildman–Crippen MR) is 132 cm³/mol. The fourth-order valence-corrected chi connectivity index (χ4v) is 3.89. The lowest BCUT2D eigenvalue weighted by Crippen LogP contribution is -2.28. The third-order valence-electron chi connectivity index (χ3n) is 5.55. The molecular formula is C25H15ClF6N6O3. The van der Waals surface area contributed by atoms with Gasteiger partial charge in [0.05, 0.1) is 22.9 Å². The molecule has 0 aliphatic rings. The highest BCUT2D eigenvalue weighted by Crippen LogP contribution is 2.36. The van der Waals surface area contributed by atoms with Crippen LogP contribution in [0.1, 0.15) is 34.4 Å². The van der Waals surface area contributed by atoms with Crippen LogP contribution in [0.5, 0.6) is 11.5 Å². The average Bonchev–Trinajstić information content (AvgIpc) is 2.89. The molecular weight excluding hydrogens is 582 g/mol. The summed E-state index contributed by atoms with van der Waals surface area (Å²) in [5.74, 6) is -2.00. The normalized spacial score (nSPS) is 12.6. The van der Waals surface area contributed by atoms with Gasteiger partial charge in [-0.2, -0.15) is 36.7 Å². The Morgan fingerprint density at radius 3 is 2.32 bits per heavy atom. The third-order valence-corrected chi connectivity index (χ3v) is 5.77. The number of benzene rings is 2. The number of halogens is 7. The summed E-state index contributed by atoms with van der Waals surface area (Å²) in [6, 6.07) is 8.72. The number of nitrogens with zero attached hydrogens (tertiary/aromatic N) is 3. The molecule has 2 aromatic carbocycles. The molecule has 4 N–H and O–H groups in total.